The summed E-state index contributed by atoms with van der Waals surface area (Å²) < 4.78 is 0. The zero-order chi connectivity index (χ0) is 41.3. The van der Waals surface area contributed by atoms with Gasteiger partial charge in [0.05, 0.1) is 11.4 Å². The molecule has 0 N–H and O–H groups in total. The van der Waals surface area contributed by atoms with Gasteiger partial charge in [0.15, 0.2) is 0 Å². The molecule has 0 saturated heterocycles. The molecule has 0 aliphatic heterocycles. The molecular formula is C60H52N2. The third-order valence-corrected chi connectivity index (χ3v) is 16.2. The molecule has 62 heavy (non-hydrogen) atoms. The maximum Gasteiger partial charge on any atom is 0.0540 e. The Labute approximate surface area is 365 Å². The molecule has 0 aromatic heterocycles. The summed E-state index contributed by atoms with van der Waals surface area (Å²) in [7, 11) is 0. The Bertz CT molecular complexity index is 3150. The summed E-state index contributed by atoms with van der Waals surface area (Å²) in [6, 6.07) is 63.0. The zero-order valence-corrected chi connectivity index (χ0v) is 36.0. The second kappa shape index (κ2) is 13.6. The summed E-state index contributed by atoms with van der Waals surface area (Å²) in [4.78, 5) is 5.04. The lowest BCUT2D eigenvalue weighted by molar-refractivity contribution is -0.0399. The van der Waals surface area contributed by atoms with Crippen molar-refractivity contribution in [2.45, 2.75) is 64.7 Å². The van der Waals surface area contributed by atoms with Crippen LogP contribution in [0.4, 0.5) is 34.1 Å². The number of hydrogen-bond donors (Lipinski definition) is 0. The molecule has 0 atom stereocenters. The maximum atomic E-state index is 2.58. The van der Waals surface area contributed by atoms with E-state index in [-0.39, 0.29) is 5.41 Å². The quantitative estimate of drug-likeness (QED) is 0.148. The minimum atomic E-state index is 0.153. The fourth-order valence-corrected chi connectivity index (χ4v) is 13.8. The zero-order valence-electron chi connectivity index (χ0n) is 36.0. The lowest BCUT2D eigenvalue weighted by atomic mass is 9.43. The molecule has 9 aromatic rings. The van der Waals surface area contributed by atoms with Gasteiger partial charge in [0.2, 0.25) is 0 Å². The highest BCUT2D eigenvalue weighted by Crippen LogP contribution is 2.69. The number of hydrogen-bond acceptors (Lipinski definition) is 2. The second-order valence-corrected chi connectivity index (χ2v) is 19.3. The van der Waals surface area contributed by atoms with E-state index in [1.54, 1.807) is 11.1 Å². The van der Waals surface area contributed by atoms with Crippen molar-refractivity contribution in [2.24, 2.45) is 23.7 Å². The largest absolute Gasteiger partial charge is 0.310 e. The van der Waals surface area contributed by atoms with Gasteiger partial charge in [0.1, 0.15) is 0 Å². The normalized spacial score (nSPS) is 21.9. The van der Waals surface area contributed by atoms with Crippen LogP contribution in [0.15, 0.2) is 164 Å². The molecule has 2 nitrogen and oxygen atoms in total. The Kier molecular flexibility index (Phi) is 7.94. The molecule has 4 bridgehead atoms. The Hall–Kier alpha value is -6.38. The fourth-order valence-electron chi connectivity index (χ4n) is 13.8. The van der Waals surface area contributed by atoms with Gasteiger partial charge >= 0.3 is 0 Å². The molecule has 4 fully saturated rings. The van der Waals surface area contributed by atoms with Crippen molar-refractivity contribution in [3.05, 3.63) is 192 Å². The van der Waals surface area contributed by atoms with Crippen molar-refractivity contribution in [3.8, 4) is 11.1 Å². The fraction of sp³-hybridized carbons (Fsp3) is 0.233. The minimum Gasteiger partial charge on any atom is -0.310 e. The highest BCUT2D eigenvalue weighted by atomic mass is 15.2. The number of fused-ring (bicyclic) bond motifs is 3. The van der Waals surface area contributed by atoms with Crippen molar-refractivity contribution in [3.63, 3.8) is 0 Å². The van der Waals surface area contributed by atoms with Gasteiger partial charge in [-0.2, -0.15) is 0 Å². The topological polar surface area (TPSA) is 6.48 Å². The summed E-state index contributed by atoms with van der Waals surface area (Å²) in [5, 5.41) is 7.71. The molecule has 9 aromatic carbocycles. The summed E-state index contributed by atoms with van der Waals surface area (Å²) in [6.45, 7) is 6.70. The maximum absolute atomic E-state index is 2.58. The van der Waals surface area contributed by atoms with E-state index in [0.717, 1.165) is 30.1 Å². The molecule has 1 spiro atoms. The van der Waals surface area contributed by atoms with E-state index in [0.29, 0.717) is 0 Å². The predicted octanol–water partition coefficient (Wildman–Crippen LogP) is 16.4. The van der Waals surface area contributed by atoms with Gasteiger partial charge in [-0.05, 0) is 185 Å². The monoisotopic (exact) mass is 800 g/mol. The molecule has 5 aliphatic rings. The first-order valence-electron chi connectivity index (χ1n) is 23.2. The smallest absolute Gasteiger partial charge is 0.0540 e. The molecule has 0 amide bonds. The number of benzene rings is 9. The lowest BCUT2D eigenvalue weighted by Gasteiger charge is -2.61. The van der Waals surface area contributed by atoms with Crippen molar-refractivity contribution in [1.29, 1.82) is 0 Å². The summed E-state index contributed by atoms with van der Waals surface area (Å²) in [6.07, 6.45) is 8.09. The van der Waals surface area contributed by atoms with Crippen LogP contribution >= 0.6 is 0 Å². The summed E-state index contributed by atoms with van der Waals surface area (Å²) in [5.41, 5.74) is 17.4. The second-order valence-electron chi connectivity index (χ2n) is 19.3. The van der Waals surface area contributed by atoms with Crippen LogP contribution in [0.25, 0.3) is 43.4 Å². The van der Waals surface area contributed by atoms with Gasteiger partial charge in [-0.15, -0.1) is 0 Å². The lowest BCUT2D eigenvalue weighted by Crippen LogP contribution is -2.55. The van der Waals surface area contributed by atoms with Gasteiger partial charge < -0.3 is 9.80 Å². The Morgan fingerprint density at radius 3 is 1.56 bits per heavy atom. The van der Waals surface area contributed by atoms with Crippen molar-refractivity contribution < 1.29 is 0 Å². The molecular weight excluding hydrogens is 749 g/mol. The average molecular weight is 801 g/mol. The number of para-hydroxylation sites is 2. The Balaban J connectivity index is 1.03. The van der Waals surface area contributed by atoms with Crippen LogP contribution in [0.5, 0.6) is 0 Å². The third kappa shape index (κ3) is 5.04. The van der Waals surface area contributed by atoms with Gasteiger partial charge in [-0.1, -0.05) is 122 Å². The minimum absolute atomic E-state index is 0.153. The van der Waals surface area contributed by atoms with Crippen LogP contribution < -0.4 is 9.80 Å². The SMILES string of the molecule is CCc1ccc(N(c2ccc3c(c2)-c2ccccc2C32C3CC4CC(C3)CC2C4)c2ccc3ccc4c(N(c5ccccc5C)c5ccccc5C)ccc5ccc2c3c54)cc1. The van der Waals surface area contributed by atoms with Gasteiger partial charge in [-0.25, -0.2) is 0 Å². The molecule has 5 aliphatic carbocycles. The molecule has 0 heterocycles. The number of nitrogens with zero attached hydrogens (tertiary/aromatic N) is 2. The molecule has 0 radical (unpaired) electrons. The van der Waals surface area contributed by atoms with E-state index in [1.165, 1.54) is 126 Å². The van der Waals surface area contributed by atoms with E-state index < -0.39 is 0 Å². The molecule has 302 valence electrons. The van der Waals surface area contributed by atoms with E-state index in [2.05, 4.69) is 194 Å². The molecule has 0 unspecified atom stereocenters. The van der Waals surface area contributed by atoms with Crippen LogP contribution in [-0.2, 0) is 11.8 Å². The highest BCUT2D eigenvalue weighted by Gasteiger charge is 2.61. The first kappa shape index (κ1) is 36.3. The standard InChI is InChI=1S/C60H52N2/c1-4-39-17-23-46(24-18-39)61(47-25-28-53-51(36-47)48-13-7-8-14-52(48)60(53)44-32-40-31-41(34-44)35-45(60)33-40)56-29-21-42-20-27-50-57(30-22-43-19-26-49(56)58(42)59(43)50)62(54-15-9-5-11-37(54)2)55-16-10-6-12-38(55)3/h5-30,36,40-41,44-45H,4,31-35H2,1-3H3. The number of aryl methyl sites for hydroxylation is 3. The third-order valence-electron chi connectivity index (χ3n) is 16.2. The average Bonchev–Trinajstić information content (AvgIpc) is 3.59. The summed E-state index contributed by atoms with van der Waals surface area (Å²) >= 11 is 0. The predicted molar refractivity (Wildman–Crippen MR) is 262 cm³/mol. The van der Waals surface area contributed by atoms with Crippen LogP contribution in [0.2, 0.25) is 0 Å². The van der Waals surface area contributed by atoms with Crippen molar-refractivity contribution in [1.82, 2.24) is 0 Å². The first-order chi connectivity index (χ1) is 30.5. The Morgan fingerprint density at radius 1 is 0.452 bits per heavy atom. The van der Waals surface area contributed by atoms with E-state index in [1.807, 2.05) is 0 Å². The molecule has 14 rings (SSSR count). The summed E-state index contributed by atoms with van der Waals surface area (Å²) in [5.74, 6) is 3.36. The van der Waals surface area contributed by atoms with Crippen LogP contribution in [-0.4, -0.2) is 0 Å². The van der Waals surface area contributed by atoms with Crippen molar-refractivity contribution >= 4 is 66.4 Å². The van der Waals surface area contributed by atoms with Crippen LogP contribution in [0, 0.1) is 37.5 Å². The van der Waals surface area contributed by atoms with Crippen LogP contribution in [0.3, 0.4) is 0 Å². The van der Waals surface area contributed by atoms with Gasteiger partial charge in [0, 0.05) is 38.9 Å². The number of rotatable bonds is 7. The Morgan fingerprint density at radius 2 is 0.968 bits per heavy atom. The van der Waals surface area contributed by atoms with Gasteiger partial charge in [0.25, 0.3) is 0 Å². The van der Waals surface area contributed by atoms with E-state index in [9.17, 15) is 0 Å². The molecule has 4 saturated carbocycles. The van der Waals surface area contributed by atoms with E-state index >= 15 is 0 Å². The molecule has 2 heteroatoms. The number of anilines is 6. The van der Waals surface area contributed by atoms with E-state index in [4.69, 9.17) is 0 Å². The highest BCUT2D eigenvalue weighted by molar-refractivity contribution is 6.28. The van der Waals surface area contributed by atoms with Crippen LogP contribution in [0.1, 0.15) is 66.8 Å². The van der Waals surface area contributed by atoms with Crippen molar-refractivity contribution in [2.75, 3.05) is 9.80 Å². The first-order valence-corrected chi connectivity index (χ1v) is 23.2. The van der Waals surface area contributed by atoms with Gasteiger partial charge in [-0.3, -0.25) is 0 Å².